The minimum atomic E-state index is -1.00. The highest BCUT2D eigenvalue weighted by atomic mass is 35.5. The zero-order chi connectivity index (χ0) is 11.6. The topological polar surface area (TPSA) is 38.7 Å². The van der Waals surface area contributed by atoms with Crippen LogP contribution in [0.2, 0.25) is 5.02 Å². The number of hydrogen-bond donors (Lipinski definition) is 1. The zero-order valence-corrected chi connectivity index (χ0v) is 10.1. The fourth-order valence-electron chi connectivity index (χ4n) is 1.36. The predicted molar refractivity (Wildman–Crippen MR) is 59.8 cm³/mol. The van der Waals surface area contributed by atoms with E-state index in [-0.39, 0.29) is 0 Å². The molecule has 0 aliphatic rings. The second kappa shape index (κ2) is 4.29. The van der Waals surface area contributed by atoms with Gasteiger partial charge in [0.2, 0.25) is 0 Å². The second-order valence-electron chi connectivity index (χ2n) is 3.72. The van der Waals surface area contributed by atoms with Gasteiger partial charge in [0.15, 0.2) is 11.5 Å². The molecule has 0 aliphatic carbocycles. The normalized spacial score (nSPS) is 11.3. The highest BCUT2D eigenvalue weighted by molar-refractivity contribution is 6.33. The van der Waals surface area contributed by atoms with Crippen molar-refractivity contribution >= 4 is 11.6 Å². The molecule has 0 radical (unpaired) electrons. The van der Waals surface area contributed by atoms with E-state index in [1.807, 2.05) is 0 Å². The number of aliphatic hydroxyl groups is 1. The Kier molecular flexibility index (Phi) is 3.47. The fraction of sp³-hybridized carbons (Fsp3) is 0.455. The summed E-state index contributed by atoms with van der Waals surface area (Å²) in [4.78, 5) is 0. The Balaban J connectivity index is 3.36. The molecule has 0 spiro atoms. The first-order valence-corrected chi connectivity index (χ1v) is 4.93. The van der Waals surface area contributed by atoms with Crippen LogP contribution in [0.4, 0.5) is 0 Å². The molecule has 1 rings (SSSR count). The molecular formula is C11H15ClO3. The molecule has 0 aliphatic heterocycles. The lowest BCUT2D eigenvalue weighted by atomic mass is 9.98. The van der Waals surface area contributed by atoms with Crippen LogP contribution in [-0.2, 0) is 5.60 Å². The maximum atomic E-state index is 9.87. The SMILES string of the molecule is COc1ccc(C(C)(C)O)c(Cl)c1OC. The van der Waals surface area contributed by atoms with Crippen LogP contribution in [-0.4, -0.2) is 19.3 Å². The molecule has 0 amide bonds. The van der Waals surface area contributed by atoms with Crippen molar-refractivity contribution in [1.29, 1.82) is 0 Å². The molecular weight excluding hydrogens is 216 g/mol. The van der Waals surface area contributed by atoms with Crippen molar-refractivity contribution in [1.82, 2.24) is 0 Å². The van der Waals surface area contributed by atoms with Gasteiger partial charge in [0.25, 0.3) is 0 Å². The van der Waals surface area contributed by atoms with Gasteiger partial charge in [-0.15, -0.1) is 0 Å². The number of hydrogen-bond acceptors (Lipinski definition) is 3. The van der Waals surface area contributed by atoms with Crippen molar-refractivity contribution < 1.29 is 14.6 Å². The average Bonchev–Trinajstić information content (AvgIpc) is 2.15. The maximum Gasteiger partial charge on any atom is 0.179 e. The summed E-state index contributed by atoms with van der Waals surface area (Å²) in [5, 5.41) is 10.3. The third-order valence-electron chi connectivity index (χ3n) is 2.14. The van der Waals surface area contributed by atoms with Crippen LogP contribution in [0.1, 0.15) is 19.4 Å². The minimum absolute atomic E-state index is 0.379. The first kappa shape index (κ1) is 12.1. The number of rotatable bonds is 3. The van der Waals surface area contributed by atoms with Gasteiger partial charge >= 0.3 is 0 Å². The quantitative estimate of drug-likeness (QED) is 0.868. The number of methoxy groups -OCH3 is 2. The standard InChI is InChI=1S/C11H15ClO3/c1-11(2,13)7-5-6-8(14-3)10(15-4)9(7)12/h5-6,13H,1-4H3. The Hall–Kier alpha value is -0.930. The maximum absolute atomic E-state index is 9.87. The minimum Gasteiger partial charge on any atom is -0.493 e. The predicted octanol–water partition coefficient (Wildman–Crippen LogP) is 2.58. The van der Waals surface area contributed by atoms with E-state index < -0.39 is 5.60 Å². The Morgan fingerprint density at radius 2 is 1.80 bits per heavy atom. The van der Waals surface area contributed by atoms with Crippen LogP contribution in [0.25, 0.3) is 0 Å². The molecule has 0 atom stereocenters. The van der Waals surface area contributed by atoms with E-state index in [4.69, 9.17) is 21.1 Å². The average molecular weight is 231 g/mol. The third-order valence-corrected chi connectivity index (χ3v) is 2.52. The zero-order valence-electron chi connectivity index (χ0n) is 9.30. The molecule has 0 fully saturated rings. The van der Waals surface area contributed by atoms with Gasteiger partial charge in [-0.3, -0.25) is 0 Å². The van der Waals surface area contributed by atoms with Gasteiger partial charge in [-0.05, 0) is 19.9 Å². The molecule has 84 valence electrons. The van der Waals surface area contributed by atoms with Crippen LogP contribution < -0.4 is 9.47 Å². The summed E-state index contributed by atoms with van der Waals surface area (Å²) in [5.74, 6) is 0.995. The molecule has 3 nitrogen and oxygen atoms in total. The molecule has 0 unspecified atom stereocenters. The highest BCUT2D eigenvalue weighted by Crippen LogP contribution is 2.40. The molecule has 0 heterocycles. The van der Waals surface area contributed by atoms with Gasteiger partial charge in [0.1, 0.15) is 0 Å². The lowest BCUT2D eigenvalue weighted by Crippen LogP contribution is -2.16. The number of ether oxygens (including phenoxy) is 2. The molecule has 15 heavy (non-hydrogen) atoms. The van der Waals surface area contributed by atoms with E-state index in [1.54, 1.807) is 26.0 Å². The first-order valence-electron chi connectivity index (χ1n) is 4.55. The largest absolute Gasteiger partial charge is 0.493 e. The Bertz CT molecular complexity index is 356. The monoisotopic (exact) mass is 230 g/mol. The van der Waals surface area contributed by atoms with Crippen molar-refractivity contribution in [2.45, 2.75) is 19.4 Å². The molecule has 1 aromatic carbocycles. The van der Waals surface area contributed by atoms with Crippen LogP contribution in [0, 0.1) is 0 Å². The fourth-order valence-corrected chi connectivity index (χ4v) is 1.83. The van der Waals surface area contributed by atoms with Gasteiger partial charge in [0, 0.05) is 5.56 Å². The molecule has 0 saturated carbocycles. The molecule has 0 saturated heterocycles. The van der Waals surface area contributed by atoms with E-state index in [9.17, 15) is 5.11 Å². The number of benzene rings is 1. The summed E-state index contributed by atoms with van der Waals surface area (Å²) >= 11 is 6.11. The lowest BCUT2D eigenvalue weighted by molar-refractivity contribution is 0.0784. The summed E-state index contributed by atoms with van der Waals surface area (Å²) < 4.78 is 10.2. The van der Waals surface area contributed by atoms with E-state index >= 15 is 0 Å². The molecule has 1 N–H and O–H groups in total. The van der Waals surface area contributed by atoms with Gasteiger partial charge < -0.3 is 14.6 Å². The van der Waals surface area contributed by atoms with Crippen molar-refractivity contribution in [2.24, 2.45) is 0 Å². The van der Waals surface area contributed by atoms with Crippen LogP contribution in [0.15, 0.2) is 12.1 Å². The van der Waals surface area contributed by atoms with Crippen molar-refractivity contribution in [2.75, 3.05) is 14.2 Å². The van der Waals surface area contributed by atoms with Gasteiger partial charge in [-0.1, -0.05) is 17.7 Å². The third kappa shape index (κ3) is 2.36. The van der Waals surface area contributed by atoms with Gasteiger partial charge in [-0.25, -0.2) is 0 Å². The van der Waals surface area contributed by atoms with E-state index in [1.165, 1.54) is 14.2 Å². The Morgan fingerprint density at radius 1 is 1.20 bits per heavy atom. The van der Waals surface area contributed by atoms with Gasteiger partial charge in [-0.2, -0.15) is 0 Å². The van der Waals surface area contributed by atoms with Crippen LogP contribution in [0.5, 0.6) is 11.5 Å². The summed E-state index contributed by atoms with van der Waals surface area (Å²) in [6.07, 6.45) is 0. The lowest BCUT2D eigenvalue weighted by Gasteiger charge is -2.21. The highest BCUT2D eigenvalue weighted by Gasteiger charge is 2.23. The van der Waals surface area contributed by atoms with Crippen molar-refractivity contribution in [3.63, 3.8) is 0 Å². The van der Waals surface area contributed by atoms with E-state index in [2.05, 4.69) is 0 Å². The first-order chi connectivity index (χ1) is 6.91. The summed E-state index contributed by atoms with van der Waals surface area (Å²) in [7, 11) is 3.05. The van der Waals surface area contributed by atoms with Gasteiger partial charge in [0.05, 0.1) is 24.8 Å². The second-order valence-corrected chi connectivity index (χ2v) is 4.10. The summed E-state index contributed by atoms with van der Waals surface area (Å²) in [6.45, 7) is 3.33. The summed E-state index contributed by atoms with van der Waals surface area (Å²) in [6, 6.07) is 3.45. The smallest absolute Gasteiger partial charge is 0.179 e. The van der Waals surface area contributed by atoms with Crippen molar-refractivity contribution in [3.05, 3.63) is 22.7 Å². The van der Waals surface area contributed by atoms with E-state index in [0.717, 1.165) is 0 Å². The van der Waals surface area contributed by atoms with Crippen LogP contribution >= 0.6 is 11.6 Å². The Labute approximate surface area is 94.6 Å². The van der Waals surface area contributed by atoms with Crippen molar-refractivity contribution in [3.8, 4) is 11.5 Å². The molecule has 0 aromatic heterocycles. The molecule has 1 aromatic rings. The number of halogens is 1. The molecule has 0 bridgehead atoms. The summed E-state index contributed by atoms with van der Waals surface area (Å²) in [5.41, 5.74) is -0.391. The van der Waals surface area contributed by atoms with E-state index in [0.29, 0.717) is 22.1 Å². The van der Waals surface area contributed by atoms with Crippen LogP contribution in [0.3, 0.4) is 0 Å². The molecule has 4 heteroatoms. The Morgan fingerprint density at radius 3 is 2.20 bits per heavy atom.